The van der Waals surface area contributed by atoms with Crippen LogP contribution in [0.4, 0.5) is 0 Å². The molecule has 2 aromatic rings. The number of nitrogens with zero attached hydrogens (tertiary/aromatic N) is 1. The van der Waals surface area contributed by atoms with Crippen molar-refractivity contribution in [3.63, 3.8) is 0 Å². The predicted molar refractivity (Wildman–Crippen MR) is 116 cm³/mol. The highest BCUT2D eigenvalue weighted by molar-refractivity contribution is 7.89. The molecular weight excluding hydrogens is 404 g/mol. The Balaban J connectivity index is 1.69. The number of aliphatic hydroxyl groups is 1. The zero-order valence-corrected chi connectivity index (χ0v) is 18.7. The smallest absolute Gasteiger partial charge is 0.243 e. The molecule has 1 heterocycles. The summed E-state index contributed by atoms with van der Waals surface area (Å²) < 4.78 is 38.8. The number of aliphatic hydroxyl groups excluding tert-OH is 1. The molecule has 0 unspecified atom stereocenters. The van der Waals surface area contributed by atoms with Crippen molar-refractivity contribution in [1.82, 2.24) is 9.62 Å². The van der Waals surface area contributed by atoms with Crippen molar-refractivity contribution < 1.29 is 23.0 Å². The van der Waals surface area contributed by atoms with Crippen LogP contribution in [-0.2, 0) is 10.0 Å². The molecule has 2 N–H and O–H groups in total. The number of hydrogen-bond acceptors (Lipinski definition) is 6. The van der Waals surface area contributed by atoms with Crippen LogP contribution in [0, 0.1) is 20.8 Å². The summed E-state index contributed by atoms with van der Waals surface area (Å²) in [5.74, 6) is 1.25. The average molecular weight is 435 g/mol. The molecule has 0 aromatic heterocycles. The van der Waals surface area contributed by atoms with Gasteiger partial charge < -0.3 is 19.9 Å². The lowest BCUT2D eigenvalue weighted by Gasteiger charge is -2.19. The first kappa shape index (κ1) is 22.6. The lowest BCUT2D eigenvalue weighted by Crippen LogP contribution is -2.31. The van der Waals surface area contributed by atoms with E-state index in [9.17, 15) is 13.5 Å². The third kappa shape index (κ3) is 4.95. The summed E-state index contributed by atoms with van der Waals surface area (Å²) in [4.78, 5) is 0.165. The number of sulfonamides is 1. The van der Waals surface area contributed by atoms with Crippen molar-refractivity contribution in [2.45, 2.75) is 37.9 Å². The molecule has 30 heavy (non-hydrogen) atoms. The van der Waals surface area contributed by atoms with Crippen molar-refractivity contribution in [2.75, 3.05) is 33.3 Å². The Morgan fingerprint density at radius 2 is 1.70 bits per heavy atom. The Bertz CT molecular complexity index is 953. The molecule has 1 aliphatic rings. The van der Waals surface area contributed by atoms with E-state index >= 15 is 0 Å². The standard InChI is InChI=1S/C22H30N2O5S/c1-15-11-19(12-16(2)17(15)3)29-22-14-24(13-21(22)25)30(26,27)20-7-5-18(6-8-20)28-10-9-23-4/h5-8,11-12,21-23,25H,9-10,13-14H2,1-4H3/t21-,22-/m0/s1. The summed E-state index contributed by atoms with van der Waals surface area (Å²) in [6, 6.07) is 10.2. The average Bonchev–Trinajstić information content (AvgIpc) is 3.08. The number of rotatable bonds is 8. The van der Waals surface area contributed by atoms with Gasteiger partial charge in [0.05, 0.1) is 11.4 Å². The van der Waals surface area contributed by atoms with Crippen LogP contribution >= 0.6 is 0 Å². The van der Waals surface area contributed by atoms with E-state index in [0.29, 0.717) is 24.7 Å². The second kappa shape index (κ2) is 9.34. The maximum atomic E-state index is 13.0. The van der Waals surface area contributed by atoms with Gasteiger partial charge in [0.25, 0.3) is 0 Å². The van der Waals surface area contributed by atoms with Crippen LogP contribution in [0.3, 0.4) is 0 Å². The Morgan fingerprint density at radius 1 is 1.07 bits per heavy atom. The Labute approximate surface area is 178 Å². The van der Waals surface area contributed by atoms with Gasteiger partial charge >= 0.3 is 0 Å². The molecule has 1 fully saturated rings. The van der Waals surface area contributed by atoms with Crippen molar-refractivity contribution in [1.29, 1.82) is 0 Å². The quantitative estimate of drug-likeness (QED) is 0.618. The highest BCUT2D eigenvalue weighted by Crippen LogP contribution is 2.27. The van der Waals surface area contributed by atoms with E-state index in [0.717, 1.165) is 11.1 Å². The minimum Gasteiger partial charge on any atom is -0.492 e. The number of ether oxygens (including phenoxy) is 2. The second-order valence-electron chi connectivity index (χ2n) is 7.65. The molecule has 1 saturated heterocycles. The van der Waals surface area contributed by atoms with Gasteiger partial charge in [0.2, 0.25) is 10.0 Å². The van der Waals surface area contributed by atoms with E-state index in [4.69, 9.17) is 9.47 Å². The molecule has 1 aliphatic heterocycles. The molecule has 8 heteroatoms. The molecule has 164 valence electrons. The van der Waals surface area contributed by atoms with Crippen LogP contribution in [0.15, 0.2) is 41.3 Å². The number of benzene rings is 2. The van der Waals surface area contributed by atoms with Crippen molar-refractivity contribution in [3.05, 3.63) is 53.1 Å². The first-order valence-corrected chi connectivity index (χ1v) is 11.5. The van der Waals surface area contributed by atoms with Gasteiger partial charge in [-0.1, -0.05) is 0 Å². The summed E-state index contributed by atoms with van der Waals surface area (Å²) >= 11 is 0. The SMILES string of the molecule is CNCCOc1ccc(S(=O)(=O)N2C[C@H](Oc3cc(C)c(C)c(C)c3)[C@@H](O)C2)cc1. The maximum Gasteiger partial charge on any atom is 0.243 e. The Morgan fingerprint density at radius 3 is 2.30 bits per heavy atom. The molecule has 2 aromatic carbocycles. The number of hydrogen-bond donors (Lipinski definition) is 2. The van der Waals surface area contributed by atoms with Gasteiger partial charge in [-0.15, -0.1) is 0 Å². The molecule has 7 nitrogen and oxygen atoms in total. The van der Waals surface area contributed by atoms with E-state index in [-0.39, 0.29) is 18.0 Å². The predicted octanol–water partition coefficient (Wildman–Crippen LogP) is 2.02. The van der Waals surface area contributed by atoms with Gasteiger partial charge in [0.15, 0.2) is 0 Å². The summed E-state index contributed by atoms with van der Waals surface area (Å²) in [7, 11) is -1.90. The van der Waals surface area contributed by atoms with Gasteiger partial charge in [0.1, 0.15) is 30.3 Å². The fourth-order valence-corrected chi connectivity index (χ4v) is 4.87. The van der Waals surface area contributed by atoms with E-state index < -0.39 is 22.2 Å². The van der Waals surface area contributed by atoms with Crippen molar-refractivity contribution in [2.24, 2.45) is 0 Å². The highest BCUT2D eigenvalue weighted by atomic mass is 32.2. The van der Waals surface area contributed by atoms with Gasteiger partial charge in [-0.05, 0) is 80.9 Å². The molecule has 2 atom stereocenters. The van der Waals surface area contributed by atoms with Crippen LogP contribution < -0.4 is 14.8 Å². The number of aryl methyl sites for hydroxylation is 2. The Hall–Kier alpha value is -2.13. The minimum absolute atomic E-state index is 0.00273. The molecule has 3 rings (SSSR count). The Kier molecular flexibility index (Phi) is 7.02. The van der Waals surface area contributed by atoms with Gasteiger partial charge in [-0.2, -0.15) is 4.31 Å². The molecule has 0 spiro atoms. The lowest BCUT2D eigenvalue weighted by atomic mass is 10.0. The van der Waals surface area contributed by atoms with E-state index in [1.54, 1.807) is 12.1 Å². The summed E-state index contributed by atoms with van der Waals surface area (Å²) in [6.45, 7) is 7.34. The topological polar surface area (TPSA) is 88.1 Å². The fourth-order valence-electron chi connectivity index (χ4n) is 3.40. The highest BCUT2D eigenvalue weighted by Gasteiger charge is 2.40. The first-order valence-electron chi connectivity index (χ1n) is 10.0. The monoisotopic (exact) mass is 434 g/mol. The van der Waals surface area contributed by atoms with Gasteiger partial charge in [-0.25, -0.2) is 8.42 Å². The number of nitrogens with one attached hydrogen (secondary N) is 1. The zero-order chi connectivity index (χ0) is 21.9. The van der Waals surface area contributed by atoms with E-state index in [1.165, 1.54) is 22.0 Å². The lowest BCUT2D eigenvalue weighted by molar-refractivity contribution is 0.0736. The number of likely N-dealkylation sites (N-methyl/N-ethyl adjacent to an activating group) is 1. The fraction of sp³-hybridized carbons (Fsp3) is 0.455. The van der Waals surface area contributed by atoms with Crippen LogP contribution in [0.2, 0.25) is 0 Å². The molecular formula is C22H30N2O5S. The van der Waals surface area contributed by atoms with Crippen molar-refractivity contribution >= 4 is 10.0 Å². The third-order valence-electron chi connectivity index (χ3n) is 5.47. The van der Waals surface area contributed by atoms with Crippen LogP contribution in [0.25, 0.3) is 0 Å². The molecule has 0 saturated carbocycles. The summed E-state index contributed by atoms with van der Waals surface area (Å²) in [5.41, 5.74) is 3.38. The summed E-state index contributed by atoms with van der Waals surface area (Å²) in [6.07, 6.45) is -1.52. The van der Waals surface area contributed by atoms with Crippen LogP contribution in [0.5, 0.6) is 11.5 Å². The van der Waals surface area contributed by atoms with Crippen LogP contribution in [0.1, 0.15) is 16.7 Å². The van der Waals surface area contributed by atoms with Gasteiger partial charge in [-0.3, -0.25) is 0 Å². The molecule has 0 amide bonds. The zero-order valence-electron chi connectivity index (χ0n) is 17.9. The number of β-amino-alcohol motifs (C(OH)–C–C–N with tert-alkyl or cyclic N) is 1. The molecule has 0 radical (unpaired) electrons. The normalized spacial score (nSPS) is 19.8. The second-order valence-corrected chi connectivity index (χ2v) is 9.59. The van der Waals surface area contributed by atoms with Gasteiger partial charge in [0, 0.05) is 13.1 Å². The minimum atomic E-state index is -3.74. The van der Waals surface area contributed by atoms with E-state index in [1.807, 2.05) is 40.0 Å². The third-order valence-corrected chi connectivity index (χ3v) is 7.32. The molecule has 0 bridgehead atoms. The summed E-state index contributed by atoms with van der Waals surface area (Å²) in [5, 5.41) is 13.4. The molecule has 0 aliphatic carbocycles. The van der Waals surface area contributed by atoms with Crippen molar-refractivity contribution in [3.8, 4) is 11.5 Å². The maximum absolute atomic E-state index is 13.0. The first-order chi connectivity index (χ1) is 14.2. The van der Waals surface area contributed by atoms with E-state index in [2.05, 4.69) is 5.32 Å². The van der Waals surface area contributed by atoms with Crippen LogP contribution in [-0.4, -0.2) is 63.3 Å². The largest absolute Gasteiger partial charge is 0.492 e.